The summed E-state index contributed by atoms with van der Waals surface area (Å²) in [5.41, 5.74) is 0.574. The highest BCUT2D eigenvalue weighted by Crippen LogP contribution is 2.20. The van der Waals surface area contributed by atoms with Gasteiger partial charge < -0.3 is 14.8 Å². The Morgan fingerprint density at radius 1 is 1.03 bits per heavy atom. The van der Waals surface area contributed by atoms with E-state index in [2.05, 4.69) is 5.32 Å². The quantitative estimate of drug-likeness (QED) is 0.445. The summed E-state index contributed by atoms with van der Waals surface area (Å²) in [6.07, 6.45) is 2.49. The number of hydrogen-bond donors (Lipinski definition) is 1. The van der Waals surface area contributed by atoms with Crippen molar-refractivity contribution < 1.29 is 19.1 Å². The molecule has 6 heteroatoms. The van der Waals surface area contributed by atoms with Gasteiger partial charge >= 0.3 is 5.97 Å². The first kappa shape index (κ1) is 22.8. The third-order valence-corrected chi connectivity index (χ3v) is 4.58. The number of rotatable bonds is 10. The van der Waals surface area contributed by atoms with E-state index in [0.717, 1.165) is 18.4 Å². The van der Waals surface area contributed by atoms with E-state index < -0.39 is 5.60 Å². The van der Waals surface area contributed by atoms with Gasteiger partial charge in [-0.15, -0.1) is 0 Å². The molecule has 0 aliphatic rings. The number of amides is 1. The van der Waals surface area contributed by atoms with E-state index >= 15 is 0 Å². The van der Waals surface area contributed by atoms with Crippen molar-refractivity contribution in [3.8, 4) is 5.75 Å². The summed E-state index contributed by atoms with van der Waals surface area (Å²) >= 11 is 5.83. The molecule has 0 radical (unpaired) electrons. The number of ether oxygens (including phenoxy) is 2. The third-order valence-electron chi connectivity index (χ3n) is 4.32. The summed E-state index contributed by atoms with van der Waals surface area (Å²) in [5.74, 6) is 0.0845. The lowest BCUT2D eigenvalue weighted by molar-refractivity contribution is -0.159. The molecule has 2 aromatic carbocycles. The van der Waals surface area contributed by atoms with Crippen molar-refractivity contribution >= 4 is 23.5 Å². The van der Waals surface area contributed by atoms with Crippen LogP contribution in [0.4, 0.5) is 0 Å². The number of hydrogen-bond acceptors (Lipinski definition) is 4. The molecule has 156 valence electrons. The summed E-state index contributed by atoms with van der Waals surface area (Å²) in [4.78, 5) is 24.3. The number of esters is 1. The van der Waals surface area contributed by atoms with Crippen molar-refractivity contribution in [2.75, 3.05) is 13.2 Å². The number of halogens is 1. The van der Waals surface area contributed by atoms with Crippen molar-refractivity contribution in [3.05, 3.63) is 64.7 Å². The van der Waals surface area contributed by atoms with Crippen LogP contribution in [0.5, 0.6) is 5.75 Å². The Morgan fingerprint density at radius 3 is 2.31 bits per heavy atom. The first-order chi connectivity index (χ1) is 13.8. The van der Waals surface area contributed by atoms with Crippen LogP contribution in [-0.2, 0) is 16.0 Å². The Morgan fingerprint density at radius 2 is 1.69 bits per heavy atom. The lowest BCUT2D eigenvalue weighted by Gasteiger charge is -2.24. The number of unbranched alkanes of at least 4 members (excludes halogenated alkanes) is 1. The maximum atomic E-state index is 12.2. The molecule has 0 saturated heterocycles. The average molecular weight is 418 g/mol. The smallest absolute Gasteiger partial charge is 0.349 e. The van der Waals surface area contributed by atoms with Crippen molar-refractivity contribution in [1.82, 2.24) is 5.32 Å². The van der Waals surface area contributed by atoms with Crippen molar-refractivity contribution in [2.24, 2.45) is 0 Å². The Balaban J connectivity index is 1.81. The van der Waals surface area contributed by atoms with Gasteiger partial charge in [-0.2, -0.15) is 0 Å². The standard InChI is InChI=1S/C23H28ClNO4/c1-4-5-16-28-22(27)23(2,3)29-20-12-6-17(7-13-20)14-15-25-21(26)18-8-10-19(24)11-9-18/h6-13H,4-5,14-16H2,1-3H3,(H,25,26). The molecule has 2 rings (SSSR count). The van der Waals surface area contributed by atoms with E-state index in [-0.39, 0.29) is 11.9 Å². The molecular formula is C23H28ClNO4. The van der Waals surface area contributed by atoms with Crippen LogP contribution in [0.2, 0.25) is 5.02 Å². The van der Waals surface area contributed by atoms with Crippen LogP contribution in [0.15, 0.2) is 48.5 Å². The monoisotopic (exact) mass is 417 g/mol. The molecule has 29 heavy (non-hydrogen) atoms. The predicted octanol–water partition coefficient (Wildman–Crippen LogP) is 4.81. The van der Waals surface area contributed by atoms with Gasteiger partial charge in [0.2, 0.25) is 0 Å². The molecule has 0 aliphatic carbocycles. The molecule has 0 bridgehead atoms. The molecule has 0 heterocycles. The molecule has 0 spiro atoms. The number of carbonyl (C=O) groups excluding carboxylic acids is 2. The zero-order chi connectivity index (χ0) is 21.3. The second-order valence-corrected chi connectivity index (χ2v) is 7.70. The SMILES string of the molecule is CCCCOC(=O)C(C)(C)Oc1ccc(CCNC(=O)c2ccc(Cl)cc2)cc1. The van der Waals surface area contributed by atoms with Crippen LogP contribution in [0, 0.1) is 0 Å². The van der Waals surface area contributed by atoms with Crippen LogP contribution >= 0.6 is 11.6 Å². The van der Waals surface area contributed by atoms with Gasteiger partial charge in [-0.3, -0.25) is 4.79 Å². The summed E-state index contributed by atoms with van der Waals surface area (Å²) in [7, 11) is 0. The van der Waals surface area contributed by atoms with Gasteiger partial charge in [-0.25, -0.2) is 4.79 Å². The van der Waals surface area contributed by atoms with Crippen molar-refractivity contribution in [1.29, 1.82) is 0 Å². The summed E-state index contributed by atoms with van der Waals surface area (Å²) in [6, 6.07) is 14.2. The highest BCUT2D eigenvalue weighted by Gasteiger charge is 2.31. The van der Waals surface area contributed by atoms with Crippen LogP contribution in [0.1, 0.15) is 49.5 Å². The molecule has 5 nitrogen and oxygen atoms in total. The van der Waals surface area contributed by atoms with Crippen LogP contribution in [-0.4, -0.2) is 30.6 Å². The minimum Gasteiger partial charge on any atom is -0.476 e. The van der Waals surface area contributed by atoms with Crippen LogP contribution < -0.4 is 10.1 Å². The molecule has 0 unspecified atom stereocenters. The third kappa shape index (κ3) is 7.42. The highest BCUT2D eigenvalue weighted by molar-refractivity contribution is 6.30. The van der Waals surface area contributed by atoms with Crippen molar-refractivity contribution in [3.63, 3.8) is 0 Å². The van der Waals surface area contributed by atoms with E-state index in [9.17, 15) is 9.59 Å². The van der Waals surface area contributed by atoms with E-state index in [4.69, 9.17) is 21.1 Å². The van der Waals surface area contributed by atoms with E-state index in [0.29, 0.717) is 35.9 Å². The molecule has 1 N–H and O–H groups in total. The van der Waals surface area contributed by atoms with E-state index in [1.54, 1.807) is 38.1 Å². The molecule has 2 aromatic rings. The van der Waals surface area contributed by atoms with Crippen molar-refractivity contribution in [2.45, 2.75) is 45.6 Å². The fraction of sp³-hybridized carbons (Fsp3) is 0.391. The Kier molecular flexibility index (Phi) is 8.52. The molecule has 0 fully saturated rings. The number of nitrogens with one attached hydrogen (secondary N) is 1. The van der Waals surface area contributed by atoms with Gasteiger partial charge in [0.15, 0.2) is 5.60 Å². The normalized spacial score (nSPS) is 11.0. The zero-order valence-corrected chi connectivity index (χ0v) is 17.9. The van der Waals surface area contributed by atoms with Crippen LogP contribution in [0.25, 0.3) is 0 Å². The molecular weight excluding hydrogens is 390 g/mol. The minimum atomic E-state index is -1.05. The van der Waals surface area contributed by atoms with E-state index in [1.165, 1.54) is 0 Å². The Hall–Kier alpha value is -2.53. The molecule has 0 saturated carbocycles. The number of carbonyl (C=O) groups is 2. The highest BCUT2D eigenvalue weighted by atomic mass is 35.5. The van der Waals surface area contributed by atoms with Crippen LogP contribution in [0.3, 0.4) is 0 Å². The van der Waals surface area contributed by atoms with Gasteiger partial charge in [-0.1, -0.05) is 37.1 Å². The van der Waals surface area contributed by atoms with Gasteiger partial charge in [0.25, 0.3) is 5.91 Å². The Bertz CT molecular complexity index is 801. The maximum Gasteiger partial charge on any atom is 0.349 e. The van der Waals surface area contributed by atoms with Gasteiger partial charge in [0.1, 0.15) is 5.75 Å². The second-order valence-electron chi connectivity index (χ2n) is 7.26. The first-order valence-electron chi connectivity index (χ1n) is 9.81. The lowest BCUT2D eigenvalue weighted by atomic mass is 10.1. The Labute approximate surface area is 177 Å². The van der Waals surface area contributed by atoms with Gasteiger partial charge in [0.05, 0.1) is 6.61 Å². The molecule has 0 aromatic heterocycles. The molecule has 0 aliphatic heterocycles. The summed E-state index contributed by atoms with van der Waals surface area (Å²) in [5, 5.41) is 3.48. The fourth-order valence-electron chi connectivity index (χ4n) is 2.57. The van der Waals surface area contributed by atoms with E-state index in [1.807, 2.05) is 31.2 Å². The number of benzene rings is 2. The topological polar surface area (TPSA) is 64.6 Å². The molecule has 1 amide bonds. The zero-order valence-electron chi connectivity index (χ0n) is 17.2. The summed E-state index contributed by atoms with van der Waals surface area (Å²) in [6.45, 7) is 6.35. The van der Waals surface area contributed by atoms with Gasteiger partial charge in [-0.05, 0) is 68.7 Å². The first-order valence-corrected chi connectivity index (χ1v) is 10.2. The second kappa shape index (κ2) is 10.9. The average Bonchev–Trinajstić information content (AvgIpc) is 2.69. The predicted molar refractivity (Wildman–Crippen MR) is 115 cm³/mol. The summed E-state index contributed by atoms with van der Waals surface area (Å²) < 4.78 is 11.1. The molecule has 0 atom stereocenters. The lowest BCUT2D eigenvalue weighted by Crippen LogP contribution is -2.39. The maximum absolute atomic E-state index is 12.2. The minimum absolute atomic E-state index is 0.134. The largest absolute Gasteiger partial charge is 0.476 e. The fourth-order valence-corrected chi connectivity index (χ4v) is 2.69. The van der Waals surface area contributed by atoms with Gasteiger partial charge in [0, 0.05) is 17.1 Å².